The number of hydrogen-bond donors (Lipinski definition) is 1. The molecular weight excluding hydrogens is 396 g/mol. The average Bonchev–Trinajstić information content (AvgIpc) is 2.94. The number of hydrogen-bond acceptors (Lipinski definition) is 6. The number of ether oxygens (including phenoxy) is 1. The Morgan fingerprint density at radius 3 is 2.69 bits per heavy atom. The first-order chi connectivity index (χ1) is 13.8. The number of nitrogens with zero attached hydrogens (tertiary/aromatic N) is 2. The minimum Gasteiger partial charge on any atom is -0.482 e. The van der Waals surface area contributed by atoms with Gasteiger partial charge < -0.3 is 14.7 Å². The van der Waals surface area contributed by atoms with Crippen molar-refractivity contribution in [3.05, 3.63) is 34.7 Å². The van der Waals surface area contributed by atoms with E-state index in [4.69, 9.17) is 9.84 Å². The third-order valence-electron chi connectivity index (χ3n) is 4.82. The lowest BCUT2D eigenvalue weighted by molar-refractivity contribution is -0.139. The minimum atomic E-state index is -1.09. The summed E-state index contributed by atoms with van der Waals surface area (Å²) in [6.07, 6.45) is 3.38. The number of carboxylic acids is 1. The van der Waals surface area contributed by atoms with E-state index in [0.717, 1.165) is 29.5 Å². The molecule has 2 heterocycles. The molecule has 0 spiro atoms. The number of carbonyl (C=O) groups excluding carboxylic acids is 3. The van der Waals surface area contributed by atoms with Crippen molar-refractivity contribution in [3.63, 3.8) is 0 Å². The molecule has 0 aliphatic carbocycles. The van der Waals surface area contributed by atoms with E-state index in [1.807, 2.05) is 0 Å². The van der Waals surface area contributed by atoms with Crippen molar-refractivity contribution in [1.82, 2.24) is 9.80 Å². The van der Waals surface area contributed by atoms with Crippen molar-refractivity contribution in [2.24, 2.45) is 5.92 Å². The summed E-state index contributed by atoms with van der Waals surface area (Å²) < 4.78 is 5.12. The quantitative estimate of drug-likeness (QED) is 0.708. The lowest BCUT2D eigenvalue weighted by Gasteiger charge is -2.31. The Morgan fingerprint density at radius 1 is 1.28 bits per heavy atom. The summed E-state index contributed by atoms with van der Waals surface area (Å²) in [7, 11) is 0. The molecule has 0 radical (unpaired) electrons. The number of carboxylic acid groups (broad SMARTS) is 1. The van der Waals surface area contributed by atoms with Crippen LogP contribution in [-0.2, 0) is 14.4 Å². The molecule has 2 aliphatic rings. The third-order valence-corrected chi connectivity index (χ3v) is 5.73. The molecule has 0 atom stereocenters. The highest BCUT2D eigenvalue weighted by atomic mass is 32.2. The SMILES string of the molecule is CC1CCN(C(=O)CN2C(=O)S/C(=C/c3cccc(OCC(=O)O)c3)C2=O)CC1. The Hall–Kier alpha value is -2.81. The van der Waals surface area contributed by atoms with Gasteiger partial charge in [0.1, 0.15) is 12.3 Å². The van der Waals surface area contributed by atoms with Crippen LogP contribution >= 0.6 is 11.8 Å². The maximum Gasteiger partial charge on any atom is 0.341 e. The van der Waals surface area contributed by atoms with Gasteiger partial charge in [0.2, 0.25) is 5.91 Å². The van der Waals surface area contributed by atoms with E-state index < -0.39 is 23.7 Å². The van der Waals surface area contributed by atoms with E-state index in [-0.39, 0.29) is 17.4 Å². The summed E-state index contributed by atoms with van der Waals surface area (Å²) in [5.41, 5.74) is 0.592. The first-order valence-electron chi connectivity index (χ1n) is 9.31. The highest BCUT2D eigenvalue weighted by Crippen LogP contribution is 2.32. The maximum absolute atomic E-state index is 12.6. The van der Waals surface area contributed by atoms with Gasteiger partial charge in [0.05, 0.1) is 4.91 Å². The van der Waals surface area contributed by atoms with E-state index in [9.17, 15) is 19.2 Å². The van der Waals surface area contributed by atoms with Crippen LogP contribution in [0.3, 0.4) is 0 Å². The Kier molecular flexibility index (Phi) is 6.58. The topological polar surface area (TPSA) is 104 Å². The smallest absolute Gasteiger partial charge is 0.341 e. The molecule has 1 aromatic carbocycles. The monoisotopic (exact) mass is 418 g/mol. The second kappa shape index (κ2) is 9.13. The second-order valence-electron chi connectivity index (χ2n) is 7.09. The normalized spacial score (nSPS) is 19.1. The standard InChI is InChI=1S/C20H22N2O6S/c1-13-5-7-21(8-6-13)17(23)11-22-19(26)16(29-20(22)27)10-14-3-2-4-15(9-14)28-12-18(24)25/h2-4,9-10,13H,5-8,11-12H2,1H3,(H,24,25)/b16-10+. The van der Waals surface area contributed by atoms with Gasteiger partial charge in [-0.15, -0.1) is 0 Å². The summed E-state index contributed by atoms with van der Waals surface area (Å²) >= 11 is 0.783. The Labute approximate surface area is 172 Å². The van der Waals surface area contributed by atoms with Crippen LogP contribution in [0.4, 0.5) is 4.79 Å². The van der Waals surface area contributed by atoms with Crippen LogP contribution in [0.25, 0.3) is 6.08 Å². The summed E-state index contributed by atoms with van der Waals surface area (Å²) in [5, 5.41) is 8.21. The van der Waals surface area contributed by atoms with Crippen molar-refractivity contribution in [2.45, 2.75) is 19.8 Å². The van der Waals surface area contributed by atoms with Gasteiger partial charge >= 0.3 is 5.97 Å². The Morgan fingerprint density at radius 2 is 2.00 bits per heavy atom. The zero-order valence-electron chi connectivity index (χ0n) is 16.0. The molecule has 2 aliphatic heterocycles. The fourth-order valence-corrected chi connectivity index (χ4v) is 3.96. The lowest BCUT2D eigenvalue weighted by Crippen LogP contribution is -2.45. The number of rotatable bonds is 6. The first-order valence-corrected chi connectivity index (χ1v) is 10.1. The van der Waals surface area contributed by atoms with E-state index >= 15 is 0 Å². The lowest BCUT2D eigenvalue weighted by atomic mass is 9.99. The molecule has 2 fully saturated rings. The fraction of sp³-hybridized carbons (Fsp3) is 0.400. The zero-order valence-corrected chi connectivity index (χ0v) is 16.8. The highest BCUT2D eigenvalue weighted by molar-refractivity contribution is 8.18. The molecule has 8 nitrogen and oxygen atoms in total. The van der Waals surface area contributed by atoms with Crippen molar-refractivity contribution >= 4 is 40.9 Å². The molecule has 1 aromatic rings. The van der Waals surface area contributed by atoms with Gasteiger partial charge in [0, 0.05) is 13.1 Å². The zero-order chi connectivity index (χ0) is 21.0. The van der Waals surface area contributed by atoms with E-state index in [1.165, 1.54) is 6.08 Å². The van der Waals surface area contributed by atoms with E-state index in [2.05, 4.69) is 6.92 Å². The van der Waals surface area contributed by atoms with Crippen LogP contribution in [0.15, 0.2) is 29.2 Å². The molecule has 1 N–H and O–H groups in total. The van der Waals surface area contributed by atoms with Gasteiger partial charge in [-0.2, -0.15) is 0 Å². The second-order valence-corrected chi connectivity index (χ2v) is 8.08. The third kappa shape index (κ3) is 5.38. The predicted octanol–water partition coefficient (Wildman–Crippen LogP) is 2.44. The molecular formula is C20H22N2O6S. The number of benzene rings is 1. The van der Waals surface area contributed by atoms with E-state index in [1.54, 1.807) is 29.2 Å². The maximum atomic E-state index is 12.6. The van der Waals surface area contributed by atoms with Crippen LogP contribution < -0.4 is 4.74 Å². The molecule has 9 heteroatoms. The van der Waals surface area contributed by atoms with Gasteiger partial charge in [-0.3, -0.25) is 19.3 Å². The molecule has 0 saturated carbocycles. The van der Waals surface area contributed by atoms with Crippen molar-refractivity contribution in [1.29, 1.82) is 0 Å². The molecule has 0 aromatic heterocycles. The van der Waals surface area contributed by atoms with Crippen LogP contribution in [0.2, 0.25) is 0 Å². The van der Waals surface area contributed by atoms with Gasteiger partial charge in [0.15, 0.2) is 6.61 Å². The molecule has 0 unspecified atom stereocenters. The fourth-order valence-electron chi connectivity index (χ4n) is 3.12. The number of likely N-dealkylation sites (tertiary alicyclic amines) is 1. The molecule has 29 heavy (non-hydrogen) atoms. The molecule has 0 bridgehead atoms. The number of aliphatic carboxylic acids is 1. The van der Waals surface area contributed by atoms with Crippen LogP contribution in [-0.4, -0.2) is 64.2 Å². The van der Waals surface area contributed by atoms with Crippen LogP contribution in [0.5, 0.6) is 5.75 Å². The number of piperidine rings is 1. The predicted molar refractivity (Wildman–Crippen MR) is 107 cm³/mol. The summed E-state index contributed by atoms with van der Waals surface area (Å²) in [4.78, 5) is 50.9. The van der Waals surface area contributed by atoms with Crippen molar-refractivity contribution in [3.8, 4) is 5.75 Å². The largest absolute Gasteiger partial charge is 0.482 e. The Balaban J connectivity index is 1.66. The van der Waals surface area contributed by atoms with Gasteiger partial charge in [0.25, 0.3) is 11.1 Å². The van der Waals surface area contributed by atoms with Crippen LogP contribution in [0, 0.1) is 5.92 Å². The number of imide groups is 1. The molecule has 3 amide bonds. The van der Waals surface area contributed by atoms with Crippen LogP contribution in [0.1, 0.15) is 25.3 Å². The molecule has 3 rings (SSSR count). The minimum absolute atomic E-state index is 0.213. The highest BCUT2D eigenvalue weighted by Gasteiger charge is 2.37. The summed E-state index contributed by atoms with van der Waals surface area (Å²) in [6.45, 7) is 2.71. The molecule has 2 saturated heterocycles. The van der Waals surface area contributed by atoms with Crippen molar-refractivity contribution in [2.75, 3.05) is 26.2 Å². The van der Waals surface area contributed by atoms with Gasteiger partial charge in [-0.1, -0.05) is 19.1 Å². The Bertz CT molecular complexity index is 860. The number of carbonyl (C=O) groups is 4. The average molecular weight is 418 g/mol. The first kappa shape index (κ1) is 20.9. The van der Waals surface area contributed by atoms with Gasteiger partial charge in [-0.05, 0) is 54.3 Å². The summed E-state index contributed by atoms with van der Waals surface area (Å²) in [5.74, 6) is -0.895. The molecule has 154 valence electrons. The van der Waals surface area contributed by atoms with Gasteiger partial charge in [-0.25, -0.2) is 4.79 Å². The summed E-state index contributed by atoms with van der Waals surface area (Å²) in [6, 6.07) is 6.55. The number of thioether (sulfide) groups is 1. The van der Waals surface area contributed by atoms with E-state index in [0.29, 0.717) is 30.3 Å². The number of amides is 3. The van der Waals surface area contributed by atoms with Crippen molar-refractivity contribution < 1.29 is 29.0 Å².